The first-order valence-electron chi connectivity index (χ1n) is 9.99. The minimum atomic E-state index is -1.43. The first-order valence-corrected chi connectivity index (χ1v) is 9.99. The minimum absolute atomic E-state index is 0.135. The number of rotatable bonds is 5. The maximum absolute atomic E-state index is 12.7. The maximum Gasteiger partial charge on any atom is 0.410 e. The number of nitrogens with zero attached hydrogens (tertiary/aromatic N) is 4. The number of aromatic nitrogens is 3. The fourth-order valence-corrected chi connectivity index (χ4v) is 3.37. The maximum atomic E-state index is 12.7. The van der Waals surface area contributed by atoms with Gasteiger partial charge in [-0.05, 0) is 19.3 Å². The lowest BCUT2D eigenvalue weighted by Crippen LogP contribution is -2.46. The number of ether oxygens (including phenoxy) is 1. The average Bonchev–Trinajstić information content (AvgIpc) is 3.18. The van der Waals surface area contributed by atoms with Gasteiger partial charge in [0.25, 0.3) is 0 Å². The van der Waals surface area contributed by atoms with Crippen LogP contribution >= 0.6 is 0 Å². The Kier molecular flexibility index (Phi) is 6.32. The lowest BCUT2D eigenvalue weighted by Gasteiger charge is -2.35. The van der Waals surface area contributed by atoms with Crippen LogP contribution in [-0.4, -0.2) is 54.5 Å². The topological polar surface area (TPSA) is 148 Å². The van der Waals surface area contributed by atoms with Gasteiger partial charge in [-0.2, -0.15) is 4.98 Å². The molecular formula is C20H26N4O7. The lowest BCUT2D eigenvalue weighted by molar-refractivity contribution is 0.0611. The molecule has 1 unspecified atom stereocenters. The third-order valence-electron chi connectivity index (χ3n) is 5.01. The van der Waals surface area contributed by atoms with Crippen molar-refractivity contribution in [3.63, 3.8) is 0 Å². The highest BCUT2D eigenvalue weighted by molar-refractivity contribution is 5.87. The van der Waals surface area contributed by atoms with E-state index in [0.29, 0.717) is 18.9 Å². The van der Waals surface area contributed by atoms with Crippen LogP contribution in [0.1, 0.15) is 62.1 Å². The smallest absolute Gasteiger partial charge is 0.410 e. The number of carbonyl (C=O) groups excluding carboxylic acids is 1. The highest BCUT2D eigenvalue weighted by Gasteiger charge is 2.29. The molecule has 31 heavy (non-hydrogen) atoms. The summed E-state index contributed by atoms with van der Waals surface area (Å²) in [6.07, 6.45) is 4.14. The van der Waals surface area contributed by atoms with Crippen molar-refractivity contribution in [1.82, 2.24) is 19.6 Å². The van der Waals surface area contributed by atoms with E-state index in [1.807, 2.05) is 20.8 Å². The SMILES string of the molecule is CC(C)(C)c1nc(COC(=O)N2CCCCC2Cn2cc(O)c(=O)c(C(=O)O)c2)no1. The molecule has 168 valence electrons. The van der Waals surface area contributed by atoms with Crippen molar-refractivity contribution in [3.05, 3.63) is 39.9 Å². The number of aromatic carboxylic acids is 1. The predicted octanol–water partition coefficient (Wildman–Crippen LogP) is 2.12. The van der Waals surface area contributed by atoms with Crippen LogP contribution in [0, 0.1) is 0 Å². The Morgan fingerprint density at radius 3 is 2.68 bits per heavy atom. The number of amides is 1. The molecule has 0 spiro atoms. The van der Waals surface area contributed by atoms with E-state index in [-0.39, 0.29) is 30.4 Å². The van der Waals surface area contributed by atoms with E-state index in [4.69, 9.17) is 14.4 Å². The molecule has 11 nitrogen and oxygen atoms in total. The van der Waals surface area contributed by atoms with Gasteiger partial charge in [-0.25, -0.2) is 9.59 Å². The standard InChI is InChI=1S/C20H26N4O7/c1-20(2,3)18-21-15(22-31-18)11-30-19(29)24-7-5-4-6-12(24)8-23-9-13(17(27)28)16(26)14(25)10-23/h9-10,12,25H,4-8,11H2,1-3H3,(H,27,28). The summed E-state index contributed by atoms with van der Waals surface area (Å²) >= 11 is 0. The molecule has 0 aromatic carbocycles. The zero-order valence-corrected chi connectivity index (χ0v) is 17.7. The molecule has 0 radical (unpaired) electrons. The summed E-state index contributed by atoms with van der Waals surface area (Å²) in [5.74, 6) is -1.37. The summed E-state index contributed by atoms with van der Waals surface area (Å²) in [5.41, 5.74) is -1.79. The Balaban J connectivity index is 1.69. The third-order valence-corrected chi connectivity index (χ3v) is 5.01. The molecule has 1 saturated heterocycles. The average molecular weight is 434 g/mol. The van der Waals surface area contributed by atoms with Crippen LogP contribution in [0.15, 0.2) is 21.7 Å². The largest absolute Gasteiger partial charge is 0.503 e. The molecule has 1 fully saturated rings. The first kappa shape index (κ1) is 22.3. The van der Waals surface area contributed by atoms with Crippen LogP contribution in [0.5, 0.6) is 5.75 Å². The zero-order valence-electron chi connectivity index (χ0n) is 17.7. The lowest BCUT2D eigenvalue weighted by atomic mass is 9.97. The molecule has 1 atom stereocenters. The quantitative estimate of drug-likeness (QED) is 0.722. The Bertz CT molecular complexity index is 1020. The van der Waals surface area contributed by atoms with Crippen molar-refractivity contribution in [2.75, 3.05) is 6.54 Å². The van der Waals surface area contributed by atoms with E-state index in [2.05, 4.69) is 10.1 Å². The summed E-state index contributed by atoms with van der Waals surface area (Å²) in [5, 5.41) is 22.8. The molecule has 2 aromatic heterocycles. The molecule has 1 amide bonds. The van der Waals surface area contributed by atoms with Crippen molar-refractivity contribution in [2.24, 2.45) is 0 Å². The summed E-state index contributed by atoms with van der Waals surface area (Å²) in [4.78, 5) is 41.5. The minimum Gasteiger partial charge on any atom is -0.503 e. The summed E-state index contributed by atoms with van der Waals surface area (Å²) < 4.78 is 12.0. The van der Waals surface area contributed by atoms with Gasteiger partial charge in [0.2, 0.25) is 17.1 Å². The molecule has 2 aromatic rings. The van der Waals surface area contributed by atoms with E-state index in [0.717, 1.165) is 19.0 Å². The van der Waals surface area contributed by atoms with Crippen molar-refractivity contribution in [3.8, 4) is 5.75 Å². The predicted molar refractivity (Wildman–Crippen MR) is 107 cm³/mol. The van der Waals surface area contributed by atoms with Crippen LogP contribution < -0.4 is 5.43 Å². The Labute approximate surface area is 178 Å². The van der Waals surface area contributed by atoms with Crippen molar-refractivity contribution in [1.29, 1.82) is 0 Å². The highest BCUT2D eigenvalue weighted by Crippen LogP contribution is 2.22. The number of likely N-dealkylation sites (tertiary alicyclic amines) is 1. The number of carboxylic acids is 1. The van der Waals surface area contributed by atoms with Crippen molar-refractivity contribution < 1.29 is 29.1 Å². The molecule has 3 heterocycles. The molecule has 11 heteroatoms. The summed E-state index contributed by atoms with van der Waals surface area (Å²) in [6, 6.07) is -0.291. The van der Waals surface area contributed by atoms with E-state index in [1.165, 1.54) is 10.8 Å². The van der Waals surface area contributed by atoms with Gasteiger partial charge in [-0.1, -0.05) is 25.9 Å². The van der Waals surface area contributed by atoms with E-state index in [9.17, 15) is 19.5 Å². The van der Waals surface area contributed by atoms with Gasteiger partial charge in [0.05, 0.1) is 6.04 Å². The van der Waals surface area contributed by atoms with Crippen molar-refractivity contribution >= 4 is 12.1 Å². The Hall–Kier alpha value is -3.37. The van der Waals surface area contributed by atoms with Crippen LogP contribution in [0.2, 0.25) is 0 Å². The third kappa shape index (κ3) is 5.22. The van der Waals surface area contributed by atoms with Gasteiger partial charge in [-0.15, -0.1) is 0 Å². The number of carboxylic acid groups (broad SMARTS) is 1. The second-order valence-corrected chi connectivity index (χ2v) is 8.55. The van der Waals surface area contributed by atoms with Crippen LogP contribution in [0.25, 0.3) is 0 Å². The Morgan fingerprint density at radius 2 is 2.03 bits per heavy atom. The van der Waals surface area contributed by atoms with Gasteiger partial charge < -0.3 is 28.9 Å². The fourth-order valence-electron chi connectivity index (χ4n) is 3.37. The van der Waals surface area contributed by atoms with Gasteiger partial charge in [-0.3, -0.25) is 4.79 Å². The molecular weight excluding hydrogens is 408 g/mol. The van der Waals surface area contributed by atoms with Crippen LogP contribution in [0.4, 0.5) is 4.79 Å². The number of hydrogen-bond acceptors (Lipinski definition) is 8. The molecule has 2 N–H and O–H groups in total. The zero-order chi connectivity index (χ0) is 22.8. The molecule has 1 aliphatic heterocycles. The number of pyridine rings is 1. The van der Waals surface area contributed by atoms with Gasteiger partial charge in [0, 0.05) is 30.9 Å². The summed E-state index contributed by atoms with van der Waals surface area (Å²) in [6.45, 7) is 6.34. The Morgan fingerprint density at radius 1 is 1.29 bits per heavy atom. The monoisotopic (exact) mass is 434 g/mol. The molecule has 0 aliphatic carbocycles. The first-order chi connectivity index (χ1) is 14.6. The fraction of sp³-hybridized carbons (Fsp3) is 0.550. The van der Waals surface area contributed by atoms with Gasteiger partial charge >= 0.3 is 12.1 Å². The number of piperidine rings is 1. The molecule has 0 bridgehead atoms. The van der Waals surface area contributed by atoms with Gasteiger partial charge in [0.1, 0.15) is 5.56 Å². The normalized spacial score (nSPS) is 16.9. The van der Waals surface area contributed by atoms with E-state index >= 15 is 0 Å². The number of aromatic hydroxyl groups is 1. The second kappa shape index (κ2) is 8.78. The summed E-state index contributed by atoms with van der Waals surface area (Å²) in [7, 11) is 0. The molecule has 0 saturated carbocycles. The van der Waals surface area contributed by atoms with Gasteiger partial charge in [0.15, 0.2) is 12.4 Å². The second-order valence-electron chi connectivity index (χ2n) is 8.55. The number of carbonyl (C=O) groups is 2. The molecule has 1 aliphatic rings. The number of hydrogen-bond donors (Lipinski definition) is 2. The van der Waals surface area contributed by atoms with Crippen LogP contribution in [0.3, 0.4) is 0 Å². The van der Waals surface area contributed by atoms with E-state index in [1.54, 1.807) is 4.90 Å². The van der Waals surface area contributed by atoms with E-state index < -0.39 is 28.8 Å². The highest BCUT2D eigenvalue weighted by atomic mass is 16.6. The van der Waals surface area contributed by atoms with Crippen molar-refractivity contribution in [2.45, 2.75) is 64.6 Å². The van der Waals surface area contributed by atoms with Crippen LogP contribution in [-0.2, 0) is 23.3 Å². The molecule has 3 rings (SSSR count).